The number of aryl methyl sites for hydroxylation is 1. The van der Waals surface area contributed by atoms with E-state index in [0.717, 1.165) is 0 Å². The second-order valence-electron chi connectivity index (χ2n) is 4.23. The molecular weight excluding hydrogens is 308 g/mol. The first-order valence-corrected chi connectivity index (χ1v) is 7.13. The second-order valence-corrected chi connectivity index (χ2v) is 5.18. The molecule has 2 amide bonds. The molecule has 2 aromatic rings. The van der Waals surface area contributed by atoms with Crippen molar-refractivity contribution in [3.63, 3.8) is 0 Å². The molecule has 0 radical (unpaired) electrons. The number of carbonyl (C=O) groups excluding carboxylic acids is 3. The number of thiophene rings is 1. The molecule has 0 aliphatic heterocycles. The Morgan fingerprint density at radius 3 is 2.77 bits per heavy atom. The first-order valence-electron chi connectivity index (χ1n) is 6.25. The topological polar surface area (TPSA) is 102 Å². The number of amides is 2. The van der Waals surface area contributed by atoms with Crippen molar-refractivity contribution in [1.29, 1.82) is 0 Å². The van der Waals surface area contributed by atoms with Crippen LogP contribution in [0, 0.1) is 0 Å². The predicted octanol–water partition coefficient (Wildman–Crippen LogP) is 0.637. The van der Waals surface area contributed by atoms with E-state index in [-0.39, 0.29) is 18.1 Å². The third-order valence-electron chi connectivity index (χ3n) is 2.72. The van der Waals surface area contributed by atoms with Crippen molar-refractivity contribution in [2.24, 2.45) is 7.05 Å². The third-order valence-corrected chi connectivity index (χ3v) is 3.59. The van der Waals surface area contributed by atoms with Crippen LogP contribution >= 0.6 is 11.3 Å². The Bertz CT molecular complexity index is 693. The van der Waals surface area contributed by atoms with E-state index in [1.54, 1.807) is 24.6 Å². The van der Waals surface area contributed by atoms with E-state index in [4.69, 9.17) is 0 Å². The van der Waals surface area contributed by atoms with E-state index in [2.05, 4.69) is 20.5 Å². The van der Waals surface area contributed by atoms with Gasteiger partial charge < -0.3 is 15.4 Å². The monoisotopic (exact) mass is 322 g/mol. The number of nitrogens with one attached hydrogen (secondary N) is 2. The minimum atomic E-state index is -0.560. The number of ether oxygens (including phenoxy) is 1. The van der Waals surface area contributed by atoms with Gasteiger partial charge in [-0.1, -0.05) is 6.07 Å². The fourth-order valence-corrected chi connectivity index (χ4v) is 2.22. The number of nitrogens with zero attached hydrogens (tertiary/aromatic N) is 2. The van der Waals surface area contributed by atoms with Crippen LogP contribution in [0.4, 0.5) is 5.82 Å². The van der Waals surface area contributed by atoms with Crippen LogP contribution in [0.1, 0.15) is 20.2 Å². The molecule has 0 unspecified atom stereocenters. The molecule has 0 aliphatic carbocycles. The molecule has 2 rings (SSSR count). The Labute approximate surface area is 130 Å². The van der Waals surface area contributed by atoms with E-state index in [1.807, 2.05) is 0 Å². The molecule has 2 N–H and O–H groups in total. The molecule has 9 heteroatoms. The molecule has 2 heterocycles. The molecule has 0 atom stereocenters. The van der Waals surface area contributed by atoms with Gasteiger partial charge in [-0.15, -0.1) is 11.3 Å². The smallest absolute Gasteiger partial charge is 0.325 e. The van der Waals surface area contributed by atoms with Crippen molar-refractivity contribution >= 4 is 34.9 Å². The van der Waals surface area contributed by atoms with Crippen LogP contribution in [0.5, 0.6) is 0 Å². The summed E-state index contributed by atoms with van der Waals surface area (Å²) < 4.78 is 5.80. The fraction of sp³-hybridized carbons (Fsp3) is 0.231. The van der Waals surface area contributed by atoms with Gasteiger partial charge in [0.05, 0.1) is 12.0 Å². The van der Waals surface area contributed by atoms with Crippen LogP contribution in [-0.4, -0.2) is 41.2 Å². The first-order chi connectivity index (χ1) is 10.5. The molecule has 0 aliphatic rings. The van der Waals surface area contributed by atoms with Crippen LogP contribution < -0.4 is 10.6 Å². The molecule has 0 bridgehead atoms. The third kappa shape index (κ3) is 3.70. The standard InChI is InChI=1S/C13H14N4O4S/c1-17-10(15-13(20)9-4-3-5-22-9)6-8(16-17)12(19)14-7-11(18)21-2/h3-6H,7H2,1-2H3,(H,14,19)(H,15,20). The lowest BCUT2D eigenvalue weighted by Gasteiger charge is -2.02. The van der Waals surface area contributed by atoms with Crippen molar-refractivity contribution in [3.8, 4) is 0 Å². The van der Waals surface area contributed by atoms with Crippen LogP contribution in [0.2, 0.25) is 0 Å². The van der Waals surface area contributed by atoms with E-state index in [9.17, 15) is 14.4 Å². The second kappa shape index (κ2) is 6.85. The summed E-state index contributed by atoms with van der Waals surface area (Å²) in [4.78, 5) is 35.3. The summed E-state index contributed by atoms with van der Waals surface area (Å²) >= 11 is 1.31. The number of carbonyl (C=O) groups is 3. The normalized spacial score (nSPS) is 10.1. The van der Waals surface area contributed by atoms with Crippen LogP contribution in [0.3, 0.4) is 0 Å². The molecule has 2 aromatic heterocycles. The predicted molar refractivity (Wildman–Crippen MR) is 79.8 cm³/mol. The Morgan fingerprint density at radius 1 is 1.36 bits per heavy atom. The summed E-state index contributed by atoms with van der Waals surface area (Å²) in [5.41, 5.74) is 0.0906. The summed E-state index contributed by atoms with van der Waals surface area (Å²) in [6.07, 6.45) is 0. The van der Waals surface area contributed by atoms with E-state index in [1.165, 1.54) is 29.2 Å². The van der Waals surface area contributed by atoms with Gasteiger partial charge in [0.2, 0.25) is 0 Å². The lowest BCUT2D eigenvalue weighted by atomic mass is 10.4. The van der Waals surface area contributed by atoms with Gasteiger partial charge in [-0.05, 0) is 11.4 Å². The lowest BCUT2D eigenvalue weighted by molar-refractivity contribution is -0.139. The Hall–Kier alpha value is -2.68. The number of hydrogen-bond acceptors (Lipinski definition) is 6. The SMILES string of the molecule is COC(=O)CNC(=O)c1cc(NC(=O)c2cccs2)n(C)n1. The molecule has 22 heavy (non-hydrogen) atoms. The summed E-state index contributed by atoms with van der Waals surface area (Å²) in [5, 5.41) is 10.8. The van der Waals surface area contributed by atoms with Crippen molar-refractivity contribution < 1.29 is 19.1 Å². The maximum atomic E-state index is 12.0. The number of anilines is 1. The maximum Gasteiger partial charge on any atom is 0.325 e. The average Bonchev–Trinajstić information content (AvgIpc) is 3.15. The van der Waals surface area contributed by atoms with Gasteiger partial charge in [0.15, 0.2) is 5.69 Å². The number of rotatable bonds is 5. The largest absolute Gasteiger partial charge is 0.468 e. The van der Waals surface area contributed by atoms with Gasteiger partial charge in [0.1, 0.15) is 12.4 Å². The Balaban J connectivity index is 2.03. The van der Waals surface area contributed by atoms with Gasteiger partial charge in [-0.25, -0.2) is 0 Å². The lowest BCUT2D eigenvalue weighted by Crippen LogP contribution is -2.30. The number of methoxy groups -OCH3 is 1. The quantitative estimate of drug-likeness (QED) is 0.786. The minimum absolute atomic E-state index is 0.0906. The summed E-state index contributed by atoms with van der Waals surface area (Å²) in [6, 6.07) is 4.90. The zero-order valence-electron chi connectivity index (χ0n) is 12.0. The van der Waals surface area contributed by atoms with Gasteiger partial charge in [0, 0.05) is 13.1 Å². The summed E-state index contributed by atoms with van der Waals surface area (Å²) in [7, 11) is 2.83. The van der Waals surface area contributed by atoms with E-state index >= 15 is 0 Å². The molecule has 0 saturated heterocycles. The van der Waals surface area contributed by atoms with Crippen molar-refractivity contribution in [1.82, 2.24) is 15.1 Å². The maximum absolute atomic E-state index is 12.0. The highest BCUT2D eigenvalue weighted by Crippen LogP contribution is 2.14. The van der Waals surface area contributed by atoms with Gasteiger partial charge in [-0.3, -0.25) is 19.1 Å². The summed E-state index contributed by atoms with van der Waals surface area (Å²) in [6.45, 7) is -0.247. The summed E-state index contributed by atoms with van der Waals surface area (Å²) in [5.74, 6) is -0.991. The van der Waals surface area contributed by atoms with Crippen LogP contribution in [0.25, 0.3) is 0 Å². The minimum Gasteiger partial charge on any atom is -0.468 e. The number of esters is 1. The van der Waals surface area contributed by atoms with E-state index < -0.39 is 11.9 Å². The first kappa shape index (κ1) is 15.7. The molecule has 0 aromatic carbocycles. The highest BCUT2D eigenvalue weighted by molar-refractivity contribution is 7.12. The van der Waals surface area contributed by atoms with Gasteiger partial charge in [-0.2, -0.15) is 5.10 Å². The van der Waals surface area contributed by atoms with Crippen molar-refractivity contribution in [2.75, 3.05) is 19.0 Å². The molecule has 0 fully saturated rings. The van der Waals surface area contributed by atoms with Gasteiger partial charge >= 0.3 is 5.97 Å². The fourth-order valence-electron chi connectivity index (χ4n) is 1.60. The van der Waals surface area contributed by atoms with Crippen LogP contribution in [-0.2, 0) is 16.6 Å². The highest BCUT2D eigenvalue weighted by Gasteiger charge is 2.16. The van der Waals surface area contributed by atoms with Gasteiger partial charge in [0.25, 0.3) is 11.8 Å². The highest BCUT2D eigenvalue weighted by atomic mass is 32.1. The number of aromatic nitrogens is 2. The zero-order valence-corrected chi connectivity index (χ0v) is 12.8. The average molecular weight is 322 g/mol. The molecule has 0 spiro atoms. The van der Waals surface area contributed by atoms with Crippen molar-refractivity contribution in [2.45, 2.75) is 0 Å². The molecule has 116 valence electrons. The zero-order chi connectivity index (χ0) is 16.1. The van der Waals surface area contributed by atoms with Crippen molar-refractivity contribution in [3.05, 3.63) is 34.2 Å². The molecule has 8 nitrogen and oxygen atoms in total. The Kier molecular flexibility index (Phi) is 4.89. The van der Waals surface area contributed by atoms with E-state index in [0.29, 0.717) is 10.7 Å². The molecular formula is C13H14N4O4S. The number of hydrogen-bond donors (Lipinski definition) is 2. The van der Waals surface area contributed by atoms with Crippen LogP contribution in [0.15, 0.2) is 23.6 Å². The molecule has 0 saturated carbocycles. The Morgan fingerprint density at radius 2 is 2.14 bits per heavy atom.